The van der Waals surface area contributed by atoms with Crippen molar-refractivity contribution < 1.29 is 9.53 Å². The van der Waals surface area contributed by atoms with E-state index in [1.807, 2.05) is 19.1 Å². The molecule has 1 amide bonds. The monoisotopic (exact) mass is 327 g/mol. The molecule has 0 aromatic carbocycles. The van der Waals surface area contributed by atoms with E-state index in [1.54, 1.807) is 18.3 Å². The minimum atomic E-state index is -0.272. The first-order valence-corrected chi connectivity index (χ1v) is 8.20. The average molecular weight is 327 g/mol. The van der Waals surface area contributed by atoms with Crippen molar-refractivity contribution >= 4 is 5.91 Å². The molecule has 0 aliphatic heterocycles. The van der Waals surface area contributed by atoms with Gasteiger partial charge in [-0.05, 0) is 50.8 Å². The van der Waals surface area contributed by atoms with Crippen molar-refractivity contribution in [2.75, 3.05) is 0 Å². The molecule has 0 bridgehead atoms. The van der Waals surface area contributed by atoms with E-state index in [0.29, 0.717) is 5.69 Å². The van der Waals surface area contributed by atoms with Crippen LogP contribution in [0, 0.1) is 6.92 Å². The van der Waals surface area contributed by atoms with Crippen LogP contribution in [0.3, 0.4) is 0 Å². The molecule has 126 valence electrons. The van der Waals surface area contributed by atoms with Crippen molar-refractivity contribution in [2.24, 2.45) is 0 Å². The highest BCUT2D eigenvalue weighted by Crippen LogP contribution is 2.25. The predicted octanol–water partition coefficient (Wildman–Crippen LogP) is 2.20. The topological polar surface area (TPSA) is 84.1 Å². The molecule has 0 radical (unpaired) electrons. The van der Waals surface area contributed by atoms with Gasteiger partial charge in [-0.2, -0.15) is 0 Å². The van der Waals surface area contributed by atoms with Crippen LogP contribution in [0.15, 0.2) is 41.3 Å². The number of nitrogens with zero attached hydrogens (tertiary/aromatic N) is 1. The van der Waals surface area contributed by atoms with E-state index in [0.717, 1.165) is 37.1 Å². The number of H-pyrrole nitrogens is 1. The van der Waals surface area contributed by atoms with Crippen LogP contribution in [-0.4, -0.2) is 28.0 Å². The zero-order valence-corrected chi connectivity index (χ0v) is 13.6. The highest BCUT2D eigenvalue weighted by molar-refractivity contribution is 5.92. The lowest BCUT2D eigenvalue weighted by Gasteiger charge is -2.29. The van der Waals surface area contributed by atoms with Gasteiger partial charge in [-0.1, -0.05) is 6.07 Å². The average Bonchev–Trinajstić information content (AvgIpc) is 2.58. The molecule has 0 spiro atoms. The van der Waals surface area contributed by atoms with E-state index in [1.165, 1.54) is 6.07 Å². The maximum absolute atomic E-state index is 12.2. The molecule has 1 aliphatic carbocycles. The third kappa shape index (κ3) is 4.01. The van der Waals surface area contributed by atoms with E-state index in [4.69, 9.17) is 4.74 Å². The highest BCUT2D eigenvalue weighted by atomic mass is 16.5. The lowest BCUT2D eigenvalue weighted by atomic mass is 9.92. The minimum Gasteiger partial charge on any atom is -0.489 e. The van der Waals surface area contributed by atoms with Gasteiger partial charge in [0.2, 0.25) is 5.56 Å². The summed E-state index contributed by atoms with van der Waals surface area (Å²) in [5, 5.41) is 2.98. The summed E-state index contributed by atoms with van der Waals surface area (Å²) in [4.78, 5) is 30.2. The Bertz CT molecular complexity index is 764. The molecule has 1 fully saturated rings. The number of carbonyl (C=O) groups excluding carboxylic acids is 1. The zero-order chi connectivity index (χ0) is 16.9. The first-order valence-electron chi connectivity index (χ1n) is 8.20. The molecule has 3 rings (SSSR count). The molecule has 6 heteroatoms. The second-order valence-electron chi connectivity index (χ2n) is 6.08. The molecule has 0 saturated heterocycles. The molecular weight excluding hydrogens is 306 g/mol. The Morgan fingerprint density at radius 2 is 2.00 bits per heavy atom. The van der Waals surface area contributed by atoms with Crippen LogP contribution in [0.5, 0.6) is 5.75 Å². The molecule has 1 aliphatic rings. The van der Waals surface area contributed by atoms with Crippen LogP contribution >= 0.6 is 0 Å². The fourth-order valence-corrected chi connectivity index (χ4v) is 2.94. The lowest BCUT2D eigenvalue weighted by molar-refractivity contribution is 0.0888. The smallest absolute Gasteiger partial charge is 0.268 e. The number of aryl methyl sites for hydroxylation is 1. The summed E-state index contributed by atoms with van der Waals surface area (Å²) in [6.07, 6.45) is 5.37. The quantitative estimate of drug-likeness (QED) is 0.901. The van der Waals surface area contributed by atoms with E-state index in [9.17, 15) is 9.59 Å². The third-order valence-electron chi connectivity index (χ3n) is 4.27. The van der Waals surface area contributed by atoms with E-state index < -0.39 is 0 Å². The summed E-state index contributed by atoms with van der Waals surface area (Å²) >= 11 is 0. The van der Waals surface area contributed by atoms with Gasteiger partial charge in [-0.25, -0.2) is 0 Å². The molecule has 6 nitrogen and oxygen atoms in total. The molecule has 2 aromatic rings. The van der Waals surface area contributed by atoms with Crippen LogP contribution in [0.4, 0.5) is 0 Å². The van der Waals surface area contributed by atoms with Crippen LogP contribution in [0.2, 0.25) is 0 Å². The van der Waals surface area contributed by atoms with Gasteiger partial charge in [0.1, 0.15) is 11.4 Å². The van der Waals surface area contributed by atoms with Crippen molar-refractivity contribution in [3.63, 3.8) is 0 Å². The fraction of sp³-hybridized carbons (Fsp3) is 0.389. The molecule has 24 heavy (non-hydrogen) atoms. The molecular formula is C18H21N3O3. The van der Waals surface area contributed by atoms with Crippen LogP contribution in [0.25, 0.3) is 0 Å². The number of pyridine rings is 2. The molecule has 2 N–H and O–H groups in total. The van der Waals surface area contributed by atoms with E-state index in [-0.39, 0.29) is 23.6 Å². The number of nitrogens with one attached hydrogen (secondary N) is 2. The Hall–Kier alpha value is -2.63. The number of rotatable bonds is 4. The molecule has 1 saturated carbocycles. The second kappa shape index (κ2) is 7.29. The first-order chi connectivity index (χ1) is 11.6. The number of aromatic nitrogens is 2. The number of aromatic amines is 1. The van der Waals surface area contributed by atoms with Gasteiger partial charge in [0.15, 0.2) is 0 Å². The minimum absolute atomic E-state index is 0.107. The first kappa shape index (κ1) is 16.2. The van der Waals surface area contributed by atoms with Gasteiger partial charge in [0, 0.05) is 18.3 Å². The Morgan fingerprint density at radius 1 is 1.21 bits per heavy atom. The number of amides is 1. The maximum atomic E-state index is 12.2. The number of carbonyl (C=O) groups is 1. The molecule has 0 atom stereocenters. The lowest BCUT2D eigenvalue weighted by Crippen LogP contribution is -2.40. The number of ether oxygens (including phenoxy) is 1. The van der Waals surface area contributed by atoms with E-state index >= 15 is 0 Å². The number of hydrogen-bond acceptors (Lipinski definition) is 4. The van der Waals surface area contributed by atoms with Crippen LogP contribution in [0.1, 0.15) is 41.9 Å². The fourth-order valence-electron chi connectivity index (χ4n) is 2.94. The molecule has 2 heterocycles. The normalized spacial score (nSPS) is 20.4. The van der Waals surface area contributed by atoms with Crippen LogP contribution < -0.4 is 15.6 Å². The summed E-state index contributed by atoms with van der Waals surface area (Å²) < 4.78 is 6.02. The summed E-state index contributed by atoms with van der Waals surface area (Å²) in [7, 11) is 0. The van der Waals surface area contributed by atoms with Gasteiger partial charge in [0.05, 0.1) is 11.8 Å². The maximum Gasteiger partial charge on any atom is 0.268 e. The standard InChI is InChI=1S/C18H21N3O3/c1-12-16(5-3-11-19-12)24-14-9-7-13(8-10-14)20-18(23)15-4-2-6-17(22)21-15/h2-6,11,13-14H,7-10H2,1H3,(H,20,23)(H,21,22). The summed E-state index contributed by atoms with van der Waals surface area (Å²) in [5.41, 5.74) is 0.916. The SMILES string of the molecule is Cc1ncccc1OC1CCC(NC(=O)c2cccc(=O)[nH]2)CC1. The third-order valence-corrected chi connectivity index (χ3v) is 4.27. The van der Waals surface area contributed by atoms with Gasteiger partial charge in [-0.3, -0.25) is 14.6 Å². The van der Waals surface area contributed by atoms with Crippen molar-refractivity contribution in [3.8, 4) is 5.75 Å². The predicted molar refractivity (Wildman–Crippen MR) is 90.2 cm³/mol. The molecule has 2 aromatic heterocycles. The van der Waals surface area contributed by atoms with Crippen molar-refractivity contribution in [1.82, 2.24) is 15.3 Å². The van der Waals surface area contributed by atoms with Crippen LogP contribution in [-0.2, 0) is 0 Å². The Balaban J connectivity index is 1.51. The highest BCUT2D eigenvalue weighted by Gasteiger charge is 2.24. The van der Waals surface area contributed by atoms with Crippen molar-refractivity contribution in [1.29, 1.82) is 0 Å². The van der Waals surface area contributed by atoms with E-state index in [2.05, 4.69) is 15.3 Å². The Labute approximate surface area is 140 Å². The molecule has 0 unspecified atom stereocenters. The largest absolute Gasteiger partial charge is 0.489 e. The second-order valence-corrected chi connectivity index (χ2v) is 6.08. The summed E-state index contributed by atoms with van der Waals surface area (Å²) in [6.45, 7) is 1.93. The van der Waals surface area contributed by atoms with Gasteiger partial charge in [0.25, 0.3) is 5.91 Å². The summed E-state index contributed by atoms with van der Waals surface area (Å²) in [5.74, 6) is 0.590. The van der Waals surface area contributed by atoms with Gasteiger partial charge >= 0.3 is 0 Å². The zero-order valence-electron chi connectivity index (χ0n) is 13.6. The number of hydrogen-bond donors (Lipinski definition) is 2. The Kier molecular flexibility index (Phi) is 4.93. The Morgan fingerprint density at radius 3 is 2.71 bits per heavy atom. The van der Waals surface area contributed by atoms with Gasteiger partial charge in [-0.15, -0.1) is 0 Å². The van der Waals surface area contributed by atoms with Gasteiger partial charge < -0.3 is 15.0 Å². The summed E-state index contributed by atoms with van der Waals surface area (Å²) in [6, 6.07) is 8.48. The van der Waals surface area contributed by atoms with Crippen molar-refractivity contribution in [3.05, 3.63) is 58.3 Å². The van der Waals surface area contributed by atoms with Crippen molar-refractivity contribution in [2.45, 2.75) is 44.8 Å².